The molecule has 76 valence electrons. The molecule has 1 aromatic heterocycles. The number of rotatable bonds is 3. The van der Waals surface area contributed by atoms with Crippen LogP contribution in [0.1, 0.15) is 18.5 Å². The molecule has 0 aliphatic carbocycles. The summed E-state index contributed by atoms with van der Waals surface area (Å²) in [5.74, 6) is 0.904. The van der Waals surface area contributed by atoms with Gasteiger partial charge in [-0.3, -0.25) is 4.98 Å². The molecule has 0 amide bonds. The molecule has 1 unspecified atom stereocenters. The lowest BCUT2D eigenvalue weighted by Gasteiger charge is -2.11. The molecule has 1 aromatic rings. The highest BCUT2D eigenvalue weighted by Gasteiger charge is 2.16. The molecular weight excluding hydrogens is 176 g/mol. The molecule has 1 aliphatic heterocycles. The Morgan fingerprint density at radius 3 is 3.29 bits per heavy atom. The fourth-order valence-electron chi connectivity index (χ4n) is 1.93. The van der Waals surface area contributed by atoms with Crippen molar-refractivity contribution in [2.45, 2.75) is 25.3 Å². The maximum absolute atomic E-state index is 5.27. The van der Waals surface area contributed by atoms with Crippen LogP contribution in [0, 0.1) is 0 Å². The molecule has 1 fully saturated rings. The largest absolute Gasteiger partial charge is 0.495 e. The van der Waals surface area contributed by atoms with Gasteiger partial charge in [-0.05, 0) is 31.5 Å². The van der Waals surface area contributed by atoms with Crippen LogP contribution in [-0.4, -0.2) is 24.7 Å². The van der Waals surface area contributed by atoms with Gasteiger partial charge in [-0.15, -0.1) is 0 Å². The average molecular weight is 192 g/mol. The summed E-state index contributed by atoms with van der Waals surface area (Å²) < 4.78 is 5.27. The third kappa shape index (κ3) is 2.04. The van der Waals surface area contributed by atoms with Gasteiger partial charge in [0, 0.05) is 18.7 Å². The van der Waals surface area contributed by atoms with Gasteiger partial charge in [0.15, 0.2) is 0 Å². The third-order valence-electron chi connectivity index (χ3n) is 2.67. The van der Waals surface area contributed by atoms with Gasteiger partial charge in [-0.25, -0.2) is 0 Å². The van der Waals surface area contributed by atoms with Crippen molar-refractivity contribution in [3.63, 3.8) is 0 Å². The van der Waals surface area contributed by atoms with Crippen LogP contribution in [0.5, 0.6) is 5.75 Å². The molecule has 1 saturated heterocycles. The number of methoxy groups -OCH3 is 1. The number of pyridine rings is 1. The van der Waals surface area contributed by atoms with Crippen LogP contribution >= 0.6 is 0 Å². The van der Waals surface area contributed by atoms with E-state index in [0.717, 1.165) is 24.4 Å². The van der Waals surface area contributed by atoms with Crippen LogP contribution < -0.4 is 10.1 Å². The lowest BCUT2D eigenvalue weighted by molar-refractivity contribution is 0.403. The zero-order valence-electron chi connectivity index (χ0n) is 8.49. The van der Waals surface area contributed by atoms with Crippen molar-refractivity contribution in [1.82, 2.24) is 10.3 Å². The lowest BCUT2D eigenvalue weighted by atomic mass is 10.1. The molecular formula is C11H16N2O. The zero-order valence-corrected chi connectivity index (χ0v) is 8.49. The predicted octanol–water partition coefficient (Wildman–Crippen LogP) is 1.38. The summed E-state index contributed by atoms with van der Waals surface area (Å²) in [6, 6.07) is 4.46. The molecule has 14 heavy (non-hydrogen) atoms. The molecule has 1 atom stereocenters. The van der Waals surface area contributed by atoms with Gasteiger partial charge >= 0.3 is 0 Å². The van der Waals surface area contributed by atoms with Crippen molar-refractivity contribution in [1.29, 1.82) is 0 Å². The minimum absolute atomic E-state index is 0.582. The van der Waals surface area contributed by atoms with E-state index in [9.17, 15) is 0 Å². The van der Waals surface area contributed by atoms with Crippen LogP contribution in [0.15, 0.2) is 18.3 Å². The van der Waals surface area contributed by atoms with E-state index in [0.29, 0.717) is 6.04 Å². The van der Waals surface area contributed by atoms with Gasteiger partial charge < -0.3 is 10.1 Å². The zero-order chi connectivity index (χ0) is 9.80. The van der Waals surface area contributed by atoms with Crippen molar-refractivity contribution in [2.75, 3.05) is 13.7 Å². The minimum atomic E-state index is 0.582. The second-order valence-electron chi connectivity index (χ2n) is 3.65. The summed E-state index contributed by atoms with van der Waals surface area (Å²) in [6.45, 7) is 1.14. The highest BCUT2D eigenvalue weighted by Crippen LogP contribution is 2.19. The first kappa shape index (κ1) is 9.46. The summed E-state index contributed by atoms with van der Waals surface area (Å²) in [4.78, 5) is 4.35. The molecule has 1 aliphatic rings. The normalized spacial score (nSPS) is 21.1. The second-order valence-corrected chi connectivity index (χ2v) is 3.65. The van der Waals surface area contributed by atoms with E-state index in [-0.39, 0.29) is 0 Å². The quantitative estimate of drug-likeness (QED) is 0.785. The Kier molecular flexibility index (Phi) is 2.99. The minimum Gasteiger partial charge on any atom is -0.495 e. The van der Waals surface area contributed by atoms with Gasteiger partial charge in [0.05, 0.1) is 12.8 Å². The predicted molar refractivity (Wildman–Crippen MR) is 55.5 cm³/mol. The van der Waals surface area contributed by atoms with E-state index >= 15 is 0 Å². The van der Waals surface area contributed by atoms with Crippen LogP contribution in [0.3, 0.4) is 0 Å². The topological polar surface area (TPSA) is 34.1 Å². The van der Waals surface area contributed by atoms with Crippen LogP contribution in [0.2, 0.25) is 0 Å². The Morgan fingerprint density at radius 2 is 2.57 bits per heavy atom. The van der Waals surface area contributed by atoms with Crippen LogP contribution in [0.4, 0.5) is 0 Å². The standard InChI is InChI=1S/C11H16N2O/c1-14-11-5-3-7-13-10(11)8-9-4-2-6-12-9/h3,5,7,9,12H,2,4,6,8H2,1H3. The number of hydrogen-bond donors (Lipinski definition) is 1. The Labute approximate surface area is 84.5 Å². The Balaban J connectivity index is 2.07. The third-order valence-corrected chi connectivity index (χ3v) is 2.67. The van der Waals surface area contributed by atoms with Crippen molar-refractivity contribution in [3.8, 4) is 5.75 Å². The summed E-state index contributed by atoms with van der Waals surface area (Å²) in [6.07, 6.45) is 5.33. The Hall–Kier alpha value is -1.09. The fraction of sp³-hybridized carbons (Fsp3) is 0.545. The molecule has 2 heterocycles. The van der Waals surface area contributed by atoms with E-state index in [1.165, 1.54) is 12.8 Å². The molecule has 0 saturated carbocycles. The SMILES string of the molecule is COc1cccnc1CC1CCCN1. The highest BCUT2D eigenvalue weighted by molar-refractivity contribution is 5.27. The summed E-state index contributed by atoms with van der Waals surface area (Å²) in [7, 11) is 1.70. The van der Waals surface area contributed by atoms with Gasteiger partial charge in [-0.2, -0.15) is 0 Å². The van der Waals surface area contributed by atoms with Gasteiger partial charge in [-0.1, -0.05) is 0 Å². The maximum Gasteiger partial charge on any atom is 0.140 e. The van der Waals surface area contributed by atoms with E-state index in [1.807, 2.05) is 18.3 Å². The van der Waals surface area contributed by atoms with E-state index < -0.39 is 0 Å². The van der Waals surface area contributed by atoms with Crippen LogP contribution in [-0.2, 0) is 6.42 Å². The van der Waals surface area contributed by atoms with Crippen molar-refractivity contribution < 1.29 is 4.74 Å². The number of ether oxygens (including phenoxy) is 1. The fourth-order valence-corrected chi connectivity index (χ4v) is 1.93. The summed E-state index contributed by atoms with van der Waals surface area (Å²) in [5, 5.41) is 3.46. The van der Waals surface area contributed by atoms with E-state index in [4.69, 9.17) is 4.74 Å². The molecule has 0 spiro atoms. The first-order valence-electron chi connectivity index (χ1n) is 5.11. The Morgan fingerprint density at radius 1 is 1.64 bits per heavy atom. The first-order chi connectivity index (χ1) is 6.90. The molecule has 0 radical (unpaired) electrons. The average Bonchev–Trinajstić information content (AvgIpc) is 2.71. The van der Waals surface area contributed by atoms with Gasteiger partial charge in [0.25, 0.3) is 0 Å². The molecule has 0 bridgehead atoms. The second kappa shape index (κ2) is 4.42. The Bertz CT molecular complexity index is 295. The van der Waals surface area contributed by atoms with Crippen LogP contribution in [0.25, 0.3) is 0 Å². The van der Waals surface area contributed by atoms with E-state index in [2.05, 4.69) is 10.3 Å². The monoisotopic (exact) mass is 192 g/mol. The number of aromatic nitrogens is 1. The van der Waals surface area contributed by atoms with Crippen molar-refractivity contribution in [2.24, 2.45) is 0 Å². The molecule has 3 heteroatoms. The van der Waals surface area contributed by atoms with Gasteiger partial charge in [0.1, 0.15) is 5.75 Å². The number of hydrogen-bond acceptors (Lipinski definition) is 3. The number of nitrogens with one attached hydrogen (secondary N) is 1. The summed E-state index contributed by atoms with van der Waals surface area (Å²) >= 11 is 0. The summed E-state index contributed by atoms with van der Waals surface area (Å²) in [5.41, 5.74) is 1.06. The first-order valence-corrected chi connectivity index (χ1v) is 5.11. The van der Waals surface area contributed by atoms with E-state index in [1.54, 1.807) is 7.11 Å². The molecule has 0 aromatic carbocycles. The smallest absolute Gasteiger partial charge is 0.140 e. The van der Waals surface area contributed by atoms with Crippen molar-refractivity contribution >= 4 is 0 Å². The highest BCUT2D eigenvalue weighted by atomic mass is 16.5. The molecule has 1 N–H and O–H groups in total. The molecule has 2 rings (SSSR count). The van der Waals surface area contributed by atoms with Crippen molar-refractivity contribution in [3.05, 3.63) is 24.0 Å². The lowest BCUT2D eigenvalue weighted by Crippen LogP contribution is -2.24. The maximum atomic E-state index is 5.27. The van der Waals surface area contributed by atoms with Gasteiger partial charge in [0.2, 0.25) is 0 Å². The molecule has 3 nitrogen and oxygen atoms in total. The number of nitrogens with zero attached hydrogens (tertiary/aromatic N) is 1.